The van der Waals surface area contributed by atoms with Crippen LogP contribution < -0.4 is 15.7 Å². The molecule has 1 atom stereocenters. The maximum absolute atomic E-state index is 14.1. The summed E-state index contributed by atoms with van der Waals surface area (Å²) in [5.74, 6) is -1.39. The fraction of sp³-hybridized carbons (Fsp3) is 0.407. The third-order valence-electron chi connectivity index (χ3n) is 6.39. The molecule has 1 N–H and O–H groups in total. The fourth-order valence-corrected chi connectivity index (χ4v) is 4.50. The van der Waals surface area contributed by atoms with Crippen LogP contribution in [-0.2, 0) is 20.7 Å². The van der Waals surface area contributed by atoms with E-state index in [1.807, 2.05) is 12.1 Å². The van der Waals surface area contributed by atoms with Crippen molar-refractivity contribution >= 4 is 12.4 Å². The summed E-state index contributed by atoms with van der Waals surface area (Å²) in [5, 5.41) is 7.11. The topological polar surface area (TPSA) is 108 Å². The zero-order chi connectivity index (χ0) is 27.2. The Labute approximate surface area is 220 Å². The molecule has 0 bridgehead atoms. The number of methoxy groups -OCH3 is 1. The fourth-order valence-electron chi connectivity index (χ4n) is 4.50. The number of aromatic nitrogens is 3. The van der Waals surface area contributed by atoms with Crippen molar-refractivity contribution in [2.45, 2.75) is 45.4 Å². The van der Waals surface area contributed by atoms with E-state index in [0.717, 1.165) is 40.9 Å². The van der Waals surface area contributed by atoms with Crippen molar-refractivity contribution in [3.05, 3.63) is 64.3 Å². The van der Waals surface area contributed by atoms with Gasteiger partial charge in [-0.1, -0.05) is 12.1 Å². The number of nitrogens with one attached hydrogen (secondary N) is 1. The third-order valence-corrected chi connectivity index (χ3v) is 6.39. The first-order chi connectivity index (χ1) is 18.3. The maximum atomic E-state index is 14.1. The van der Waals surface area contributed by atoms with Gasteiger partial charge < -0.3 is 19.7 Å². The van der Waals surface area contributed by atoms with Gasteiger partial charge in [-0.05, 0) is 82.1 Å². The summed E-state index contributed by atoms with van der Waals surface area (Å²) in [5.41, 5.74) is 1.16. The van der Waals surface area contributed by atoms with Gasteiger partial charge in [-0.25, -0.2) is 13.8 Å². The van der Waals surface area contributed by atoms with Gasteiger partial charge in [0.2, 0.25) is 0 Å². The largest absolute Gasteiger partial charge is 0.494 e. The van der Waals surface area contributed by atoms with Crippen LogP contribution in [0.15, 0.2) is 47.3 Å². The molecular weight excluding hydrogens is 493 g/mol. The average molecular weight is 526 g/mol. The minimum atomic E-state index is -1.64. The van der Waals surface area contributed by atoms with Crippen LogP contribution in [-0.4, -0.2) is 64.4 Å². The Balaban J connectivity index is 1.76. The molecule has 0 spiro atoms. The Bertz CT molecular complexity index is 1330. The van der Waals surface area contributed by atoms with Crippen molar-refractivity contribution in [3.63, 3.8) is 0 Å². The predicted octanol–water partition coefficient (Wildman–Crippen LogP) is 2.68. The number of carbonyl (C=O) groups is 2. The molecule has 0 radical (unpaired) electrons. The van der Waals surface area contributed by atoms with Crippen LogP contribution in [0.4, 0.5) is 4.39 Å². The van der Waals surface area contributed by atoms with Crippen molar-refractivity contribution in [1.82, 2.24) is 24.6 Å². The molecule has 1 aliphatic rings. The summed E-state index contributed by atoms with van der Waals surface area (Å²) in [6.07, 6.45) is 1.71. The van der Waals surface area contributed by atoms with Gasteiger partial charge in [0.15, 0.2) is 17.4 Å². The third kappa shape index (κ3) is 5.94. The SMILES string of the molecule is COc1cc(-c2nn(-c3ccc(CCN4CCCC4)cc3)c(=O)n2C(OC=O)C(=O)NC(C)C)ccc1F. The molecule has 202 valence electrons. The summed E-state index contributed by atoms with van der Waals surface area (Å²) in [6.45, 7) is 6.78. The lowest BCUT2D eigenvalue weighted by atomic mass is 10.1. The lowest BCUT2D eigenvalue weighted by Crippen LogP contribution is -2.41. The van der Waals surface area contributed by atoms with Gasteiger partial charge in [0, 0.05) is 18.2 Å². The number of benzene rings is 2. The van der Waals surface area contributed by atoms with Crippen LogP contribution in [0.2, 0.25) is 0 Å². The molecule has 2 heterocycles. The van der Waals surface area contributed by atoms with Crippen LogP contribution >= 0.6 is 0 Å². The van der Waals surface area contributed by atoms with Gasteiger partial charge in [0.05, 0.1) is 12.8 Å². The van der Waals surface area contributed by atoms with Gasteiger partial charge in [-0.15, -0.1) is 5.10 Å². The Morgan fingerprint density at radius 1 is 1.16 bits per heavy atom. The zero-order valence-electron chi connectivity index (χ0n) is 21.7. The van der Waals surface area contributed by atoms with Crippen molar-refractivity contribution in [1.29, 1.82) is 0 Å². The molecule has 2 aromatic carbocycles. The molecule has 3 aromatic rings. The summed E-state index contributed by atoms with van der Waals surface area (Å²) in [7, 11) is 1.31. The molecule has 0 aliphatic carbocycles. The summed E-state index contributed by atoms with van der Waals surface area (Å²) < 4.78 is 26.4. The second-order valence-electron chi connectivity index (χ2n) is 9.45. The van der Waals surface area contributed by atoms with Crippen molar-refractivity contribution < 1.29 is 23.5 Å². The van der Waals surface area contributed by atoms with E-state index in [4.69, 9.17) is 9.47 Å². The number of hydrogen-bond donors (Lipinski definition) is 1. The predicted molar refractivity (Wildman–Crippen MR) is 139 cm³/mol. The highest BCUT2D eigenvalue weighted by molar-refractivity contribution is 5.81. The molecule has 1 unspecified atom stereocenters. The minimum absolute atomic E-state index is 0.00262. The standard InChI is InChI=1S/C27H32FN5O5/c1-18(2)29-25(35)26(38-17-34)32-24(20-8-11-22(28)23(16-20)37-3)30-33(27(32)36)21-9-6-19(7-10-21)12-15-31-13-4-5-14-31/h6-11,16-18,26H,4-5,12-15H2,1-3H3,(H,29,35). The molecule has 1 amide bonds. The molecule has 1 aromatic heterocycles. The quantitative estimate of drug-likeness (QED) is 0.384. The average Bonchev–Trinajstić information content (AvgIpc) is 3.54. The Morgan fingerprint density at radius 2 is 1.87 bits per heavy atom. The normalized spacial score (nSPS) is 14.4. The van der Waals surface area contributed by atoms with E-state index in [1.54, 1.807) is 26.0 Å². The van der Waals surface area contributed by atoms with Gasteiger partial charge in [0.25, 0.3) is 18.6 Å². The highest BCUT2D eigenvalue weighted by Crippen LogP contribution is 2.27. The van der Waals surface area contributed by atoms with E-state index in [1.165, 1.54) is 38.2 Å². The van der Waals surface area contributed by atoms with E-state index >= 15 is 0 Å². The number of amides is 1. The minimum Gasteiger partial charge on any atom is -0.494 e. The number of hydrogen-bond acceptors (Lipinski definition) is 7. The van der Waals surface area contributed by atoms with Crippen LogP contribution in [0.5, 0.6) is 5.75 Å². The molecule has 0 saturated carbocycles. The molecule has 11 heteroatoms. The molecule has 1 aliphatic heterocycles. The van der Waals surface area contributed by atoms with Crippen LogP contribution in [0.25, 0.3) is 17.1 Å². The van der Waals surface area contributed by atoms with E-state index in [-0.39, 0.29) is 29.7 Å². The monoisotopic (exact) mass is 525 g/mol. The van der Waals surface area contributed by atoms with Gasteiger partial charge in [-0.2, -0.15) is 4.68 Å². The molecule has 1 fully saturated rings. The van der Waals surface area contributed by atoms with Gasteiger partial charge in [0.1, 0.15) is 0 Å². The number of carbonyl (C=O) groups excluding carboxylic acids is 2. The van der Waals surface area contributed by atoms with Crippen molar-refractivity contribution in [2.75, 3.05) is 26.7 Å². The Morgan fingerprint density at radius 3 is 2.50 bits per heavy atom. The number of halogens is 1. The number of likely N-dealkylation sites (tertiary alicyclic amines) is 1. The van der Waals surface area contributed by atoms with E-state index in [2.05, 4.69) is 15.3 Å². The van der Waals surface area contributed by atoms with E-state index < -0.39 is 23.6 Å². The molecule has 38 heavy (non-hydrogen) atoms. The van der Waals surface area contributed by atoms with Crippen LogP contribution in [0.1, 0.15) is 38.5 Å². The lowest BCUT2D eigenvalue weighted by Gasteiger charge is -2.18. The molecule has 4 rings (SSSR count). The highest BCUT2D eigenvalue weighted by atomic mass is 19.1. The maximum Gasteiger partial charge on any atom is 0.354 e. The van der Waals surface area contributed by atoms with Crippen molar-refractivity contribution in [3.8, 4) is 22.8 Å². The van der Waals surface area contributed by atoms with Gasteiger partial charge >= 0.3 is 5.69 Å². The highest BCUT2D eigenvalue weighted by Gasteiger charge is 2.30. The van der Waals surface area contributed by atoms with Crippen molar-refractivity contribution in [2.24, 2.45) is 0 Å². The van der Waals surface area contributed by atoms with E-state index in [9.17, 15) is 18.8 Å². The number of ether oxygens (including phenoxy) is 2. The zero-order valence-corrected chi connectivity index (χ0v) is 21.7. The Kier molecular flexibility index (Phi) is 8.57. The first kappa shape index (κ1) is 27.1. The number of nitrogens with zero attached hydrogens (tertiary/aromatic N) is 4. The lowest BCUT2D eigenvalue weighted by molar-refractivity contribution is -0.151. The molecule has 1 saturated heterocycles. The number of rotatable bonds is 11. The summed E-state index contributed by atoms with van der Waals surface area (Å²) >= 11 is 0. The molecule has 10 nitrogen and oxygen atoms in total. The van der Waals surface area contributed by atoms with Gasteiger partial charge in [-0.3, -0.25) is 9.59 Å². The van der Waals surface area contributed by atoms with Crippen LogP contribution in [0, 0.1) is 5.82 Å². The van der Waals surface area contributed by atoms with Crippen LogP contribution in [0.3, 0.4) is 0 Å². The summed E-state index contributed by atoms with van der Waals surface area (Å²) in [4.78, 5) is 40.4. The van der Waals surface area contributed by atoms with E-state index in [0.29, 0.717) is 5.69 Å². The second kappa shape index (κ2) is 12.0. The Hall–Kier alpha value is -3.99. The first-order valence-corrected chi connectivity index (χ1v) is 12.6. The first-order valence-electron chi connectivity index (χ1n) is 12.6. The smallest absolute Gasteiger partial charge is 0.354 e. The molecular formula is C27H32FN5O5. The summed E-state index contributed by atoms with van der Waals surface area (Å²) in [6, 6.07) is 11.1. The second-order valence-corrected chi connectivity index (χ2v) is 9.45.